The van der Waals surface area contributed by atoms with Gasteiger partial charge < -0.3 is 19.8 Å². The van der Waals surface area contributed by atoms with Crippen molar-refractivity contribution in [3.63, 3.8) is 0 Å². The van der Waals surface area contributed by atoms with Gasteiger partial charge in [-0.15, -0.1) is 0 Å². The number of aliphatic hydroxyl groups is 2. The highest BCUT2D eigenvalue weighted by Gasteiger charge is 2.16. The second kappa shape index (κ2) is 24.9. The summed E-state index contributed by atoms with van der Waals surface area (Å²) < 4.78 is 5.23. The van der Waals surface area contributed by atoms with E-state index in [1.807, 2.05) is 4.90 Å². The first-order valence-electron chi connectivity index (χ1n) is 15.1. The lowest BCUT2D eigenvalue weighted by Gasteiger charge is -2.23. The van der Waals surface area contributed by atoms with Gasteiger partial charge in [0, 0.05) is 13.1 Å². The summed E-state index contributed by atoms with van der Waals surface area (Å²) in [6.45, 7) is 10.1. The molecule has 0 spiro atoms. The Hall–Kier alpha value is -0.810. The molecule has 0 saturated heterocycles. The normalized spacial score (nSPS) is 12.5. The molecule has 0 aromatic heterocycles. The first-order valence-corrected chi connectivity index (χ1v) is 15.1. The Morgan fingerprint density at radius 2 is 0.971 bits per heavy atom. The van der Waals surface area contributed by atoms with Gasteiger partial charge in [0.05, 0.1) is 6.61 Å². The maximum Gasteiger partial charge on any atom is 0.409 e. The van der Waals surface area contributed by atoms with Gasteiger partial charge in [-0.1, -0.05) is 130 Å². The molecule has 0 aliphatic heterocycles. The molecule has 1 unspecified atom stereocenters. The highest BCUT2D eigenvalue weighted by Crippen LogP contribution is 2.15. The van der Waals surface area contributed by atoms with E-state index >= 15 is 0 Å². The van der Waals surface area contributed by atoms with Crippen LogP contribution < -0.4 is 0 Å². The van der Waals surface area contributed by atoms with Gasteiger partial charge in [0.25, 0.3) is 0 Å². The van der Waals surface area contributed by atoms with Crippen LogP contribution >= 0.6 is 0 Å². The number of rotatable bonds is 25. The number of ether oxygens (including phenoxy) is 1. The maximum absolute atomic E-state index is 12.5. The molecule has 2 N–H and O–H groups in total. The Kier molecular flexibility index (Phi) is 24.3. The summed E-state index contributed by atoms with van der Waals surface area (Å²) in [5, 5.41) is 18.5. The SMILES string of the molecule is CC(C)CCCCCCCCCCN(CCCCCCCCCCC(C)C)C(=O)OCC(O)CO. The molecule has 0 aromatic carbocycles. The van der Waals surface area contributed by atoms with Crippen LogP contribution in [0.15, 0.2) is 0 Å². The van der Waals surface area contributed by atoms with Crippen LogP contribution in [0.2, 0.25) is 0 Å². The van der Waals surface area contributed by atoms with E-state index in [0.717, 1.165) is 50.6 Å². The molecule has 210 valence electrons. The van der Waals surface area contributed by atoms with Crippen LogP contribution in [0.1, 0.15) is 143 Å². The molecular weight excluding hydrogens is 438 g/mol. The van der Waals surface area contributed by atoms with Crippen molar-refractivity contribution in [1.82, 2.24) is 4.90 Å². The number of carbonyl (C=O) groups is 1. The molecule has 0 aliphatic rings. The van der Waals surface area contributed by atoms with Gasteiger partial charge in [0.2, 0.25) is 0 Å². The van der Waals surface area contributed by atoms with E-state index in [-0.39, 0.29) is 19.3 Å². The molecule has 0 aromatic rings. The molecule has 5 nitrogen and oxygen atoms in total. The van der Waals surface area contributed by atoms with Crippen molar-refractivity contribution < 1.29 is 19.7 Å². The number of unbranched alkanes of at least 4 members (excludes halogenated alkanes) is 14. The predicted octanol–water partition coefficient (Wildman–Crippen LogP) is 8.11. The summed E-state index contributed by atoms with van der Waals surface area (Å²) in [4.78, 5) is 14.3. The molecule has 35 heavy (non-hydrogen) atoms. The van der Waals surface area contributed by atoms with Gasteiger partial charge in [-0.25, -0.2) is 4.79 Å². The van der Waals surface area contributed by atoms with E-state index in [1.165, 1.54) is 89.9 Å². The monoisotopic (exact) mass is 499 g/mol. The van der Waals surface area contributed by atoms with Crippen molar-refractivity contribution in [1.29, 1.82) is 0 Å². The average Bonchev–Trinajstić information content (AvgIpc) is 2.82. The van der Waals surface area contributed by atoms with Crippen LogP contribution in [0.25, 0.3) is 0 Å². The highest BCUT2D eigenvalue weighted by molar-refractivity contribution is 5.67. The lowest BCUT2D eigenvalue weighted by atomic mass is 10.0. The maximum atomic E-state index is 12.5. The Morgan fingerprint density at radius 1 is 0.629 bits per heavy atom. The molecular formula is C30H61NO4. The summed E-state index contributed by atoms with van der Waals surface area (Å²) in [6.07, 6.45) is 21.4. The topological polar surface area (TPSA) is 70.0 Å². The summed E-state index contributed by atoms with van der Waals surface area (Å²) in [5.74, 6) is 1.64. The molecule has 0 saturated carbocycles. The third-order valence-corrected chi connectivity index (χ3v) is 6.79. The van der Waals surface area contributed by atoms with Crippen molar-refractivity contribution in [3.8, 4) is 0 Å². The molecule has 0 aliphatic carbocycles. The second-order valence-corrected chi connectivity index (χ2v) is 11.4. The fourth-order valence-corrected chi connectivity index (χ4v) is 4.44. The molecule has 0 rings (SSSR count). The van der Waals surface area contributed by atoms with Gasteiger partial charge in [0.15, 0.2) is 0 Å². The fourth-order valence-electron chi connectivity index (χ4n) is 4.44. The van der Waals surface area contributed by atoms with Crippen molar-refractivity contribution in [2.24, 2.45) is 11.8 Å². The van der Waals surface area contributed by atoms with Gasteiger partial charge >= 0.3 is 6.09 Å². The molecule has 5 heteroatoms. The average molecular weight is 500 g/mol. The quantitative estimate of drug-likeness (QED) is 0.124. The zero-order chi connectivity index (χ0) is 26.2. The van der Waals surface area contributed by atoms with Crippen molar-refractivity contribution in [3.05, 3.63) is 0 Å². The zero-order valence-electron chi connectivity index (χ0n) is 23.9. The third-order valence-electron chi connectivity index (χ3n) is 6.79. The Bertz CT molecular complexity index is 428. The Balaban J connectivity index is 3.99. The van der Waals surface area contributed by atoms with Crippen molar-refractivity contribution in [2.75, 3.05) is 26.3 Å². The lowest BCUT2D eigenvalue weighted by molar-refractivity contribution is 0.0197. The molecule has 0 heterocycles. The standard InChI is InChI=1S/C30H61NO4/c1-27(2)21-17-13-9-5-7-11-15-19-23-31(30(34)35-26-29(33)25-32)24-20-16-12-8-6-10-14-18-22-28(3)4/h27-29,32-33H,5-26H2,1-4H3. The fraction of sp³-hybridized carbons (Fsp3) is 0.967. The van der Waals surface area contributed by atoms with E-state index in [4.69, 9.17) is 9.84 Å². The van der Waals surface area contributed by atoms with Crippen LogP contribution in [0.3, 0.4) is 0 Å². The summed E-state index contributed by atoms with van der Waals surface area (Å²) in [7, 11) is 0. The molecule has 1 atom stereocenters. The number of amides is 1. The van der Waals surface area contributed by atoms with Crippen LogP contribution in [0.5, 0.6) is 0 Å². The van der Waals surface area contributed by atoms with E-state index in [9.17, 15) is 9.90 Å². The van der Waals surface area contributed by atoms with E-state index in [0.29, 0.717) is 0 Å². The Labute approximate surface area is 218 Å². The zero-order valence-corrected chi connectivity index (χ0v) is 23.9. The lowest BCUT2D eigenvalue weighted by Crippen LogP contribution is -2.35. The van der Waals surface area contributed by atoms with Gasteiger partial charge in [0.1, 0.15) is 12.7 Å². The van der Waals surface area contributed by atoms with Crippen molar-refractivity contribution in [2.45, 2.75) is 149 Å². The highest BCUT2D eigenvalue weighted by atomic mass is 16.6. The number of hydrogen-bond acceptors (Lipinski definition) is 4. The Morgan fingerprint density at radius 3 is 1.31 bits per heavy atom. The van der Waals surface area contributed by atoms with E-state index in [2.05, 4.69) is 27.7 Å². The molecule has 0 bridgehead atoms. The predicted molar refractivity (Wildman–Crippen MR) is 149 cm³/mol. The number of aliphatic hydroxyl groups excluding tert-OH is 2. The third kappa shape index (κ3) is 24.7. The summed E-state index contributed by atoms with van der Waals surface area (Å²) in [6, 6.07) is 0. The van der Waals surface area contributed by atoms with E-state index in [1.54, 1.807) is 0 Å². The van der Waals surface area contributed by atoms with E-state index < -0.39 is 6.10 Å². The smallest absolute Gasteiger partial charge is 0.409 e. The molecule has 0 fully saturated rings. The number of nitrogens with zero attached hydrogens (tertiary/aromatic N) is 1. The molecule has 0 radical (unpaired) electrons. The minimum absolute atomic E-state index is 0.139. The van der Waals surface area contributed by atoms with Crippen molar-refractivity contribution >= 4 is 6.09 Å². The van der Waals surface area contributed by atoms with Gasteiger partial charge in [-0.2, -0.15) is 0 Å². The van der Waals surface area contributed by atoms with Crippen LogP contribution in [-0.2, 0) is 4.74 Å². The van der Waals surface area contributed by atoms with Gasteiger partial charge in [-0.3, -0.25) is 0 Å². The largest absolute Gasteiger partial charge is 0.447 e. The van der Waals surface area contributed by atoms with Crippen LogP contribution in [0, 0.1) is 11.8 Å². The minimum Gasteiger partial charge on any atom is -0.447 e. The first-order chi connectivity index (χ1) is 16.9. The van der Waals surface area contributed by atoms with Crippen LogP contribution in [-0.4, -0.2) is 53.6 Å². The number of hydrogen-bond donors (Lipinski definition) is 2. The first kappa shape index (κ1) is 34.2. The van der Waals surface area contributed by atoms with Crippen LogP contribution in [0.4, 0.5) is 4.79 Å². The second-order valence-electron chi connectivity index (χ2n) is 11.4. The summed E-state index contributed by atoms with van der Waals surface area (Å²) in [5.41, 5.74) is 0. The number of carbonyl (C=O) groups excluding carboxylic acids is 1. The summed E-state index contributed by atoms with van der Waals surface area (Å²) >= 11 is 0. The minimum atomic E-state index is -0.998. The van der Waals surface area contributed by atoms with Gasteiger partial charge in [-0.05, 0) is 24.7 Å². The molecule has 1 amide bonds.